The van der Waals surface area contributed by atoms with Crippen molar-refractivity contribution in [1.82, 2.24) is 10.3 Å². The second kappa shape index (κ2) is 4.59. The Hall–Kier alpha value is -1.13. The number of aryl methyl sites for hydroxylation is 1. The summed E-state index contributed by atoms with van der Waals surface area (Å²) in [6, 6.07) is 4.37. The number of hydrogen-bond acceptors (Lipinski definition) is 4. The molecule has 1 aromatic heterocycles. The van der Waals surface area contributed by atoms with Crippen LogP contribution in [0.25, 0.3) is 0 Å². The summed E-state index contributed by atoms with van der Waals surface area (Å²) in [6.45, 7) is 3.86. The van der Waals surface area contributed by atoms with Crippen molar-refractivity contribution in [1.29, 1.82) is 0 Å². The minimum absolute atomic E-state index is 0.230. The Kier molecular flexibility index (Phi) is 3.18. The third-order valence-corrected chi connectivity index (χ3v) is 2.71. The van der Waals surface area contributed by atoms with Crippen LogP contribution in [0.4, 0.5) is 5.82 Å². The largest absolute Gasteiger partial charge is 0.378 e. The van der Waals surface area contributed by atoms with Crippen LogP contribution in [0.15, 0.2) is 18.3 Å². The van der Waals surface area contributed by atoms with Gasteiger partial charge in [-0.05, 0) is 18.6 Å². The van der Waals surface area contributed by atoms with E-state index in [0.717, 1.165) is 18.9 Å². The second-order valence-electron chi connectivity index (χ2n) is 3.90. The first-order chi connectivity index (χ1) is 7.29. The zero-order chi connectivity index (χ0) is 10.7. The van der Waals surface area contributed by atoms with Crippen LogP contribution in [0, 0.1) is 6.92 Å². The fraction of sp³-hybridized carbons (Fsp3) is 0.545. The number of nitrogens with one attached hydrogen (secondary N) is 2. The lowest BCUT2D eigenvalue weighted by atomic mass is 10.2. The molecule has 2 atom stereocenters. The average molecular weight is 207 g/mol. The fourth-order valence-electron chi connectivity index (χ4n) is 1.79. The van der Waals surface area contributed by atoms with Crippen molar-refractivity contribution < 1.29 is 4.74 Å². The SMILES string of the molecule is CO[C@H]1CNCC1Nc1ccc(C)cn1. The molecular weight excluding hydrogens is 190 g/mol. The molecule has 0 aromatic carbocycles. The van der Waals surface area contributed by atoms with Gasteiger partial charge < -0.3 is 15.4 Å². The van der Waals surface area contributed by atoms with Crippen LogP contribution in [0.2, 0.25) is 0 Å². The normalized spacial score (nSPS) is 25.5. The minimum atomic E-state index is 0.230. The zero-order valence-corrected chi connectivity index (χ0v) is 9.16. The van der Waals surface area contributed by atoms with Crippen molar-refractivity contribution in [2.75, 3.05) is 25.5 Å². The first-order valence-corrected chi connectivity index (χ1v) is 5.22. The molecule has 1 fully saturated rings. The molecule has 0 radical (unpaired) electrons. The van der Waals surface area contributed by atoms with E-state index >= 15 is 0 Å². The highest BCUT2D eigenvalue weighted by atomic mass is 16.5. The molecule has 4 heteroatoms. The summed E-state index contributed by atoms with van der Waals surface area (Å²) in [4.78, 5) is 4.32. The van der Waals surface area contributed by atoms with Crippen LogP contribution in [0.1, 0.15) is 5.56 Å². The molecular formula is C11H17N3O. The summed E-state index contributed by atoms with van der Waals surface area (Å²) < 4.78 is 5.37. The summed E-state index contributed by atoms with van der Waals surface area (Å²) >= 11 is 0. The summed E-state index contributed by atoms with van der Waals surface area (Å²) in [7, 11) is 1.74. The van der Waals surface area contributed by atoms with E-state index in [-0.39, 0.29) is 6.10 Å². The van der Waals surface area contributed by atoms with E-state index in [0.29, 0.717) is 6.04 Å². The van der Waals surface area contributed by atoms with Gasteiger partial charge in [-0.2, -0.15) is 0 Å². The third-order valence-electron chi connectivity index (χ3n) is 2.71. The van der Waals surface area contributed by atoms with Crippen molar-refractivity contribution >= 4 is 5.82 Å². The molecule has 1 aliphatic heterocycles. The molecule has 2 N–H and O–H groups in total. The van der Waals surface area contributed by atoms with Crippen LogP contribution in [0.3, 0.4) is 0 Å². The predicted molar refractivity (Wildman–Crippen MR) is 60.1 cm³/mol. The van der Waals surface area contributed by atoms with E-state index in [4.69, 9.17) is 4.74 Å². The van der Waals surface area contributed by atoms with Gasteiger partial charge >= 0.3 is 0 Å². The number of nitrogens with zero attached hydrogens (tertiary/aromatic N) is 1. The van der Waals surface area contributed by atoms with Gasteiger partial charge in [-0.15, -0.1) is 0 Å². The van der Waals surface area contributed by atoms with E-state index in [9.17, 15) is 0 Å². The topological polar surface area (TPSA) is 46.2 Å². The molecule has 0 saturated carbocycles. The first kappa shape index (κ1) is 10.4. The molecule has 0 amide bonds. The third kappa shape index (κ3) is 2.46. The maximum absolute atomic E-state index is 5.37. The van der Waals surface area contributed by atoms with Gasteiger partial charge in [-0.25, -0.2) is 4.98 Å². The Labute approximate surface area is 90.0 Å². The molecule has 2 rings (SSSR count). The molecule has 0 spiro atoms. The van der Waals surface area contributed by atoms with E-state index in [1.807, 2.05) is 19.2 Å². The summed E-state index contributed by atoms with van der Waals surface area (Å²) in [6.07, 6.45) is 2.10. The Morgan fingerprint density at radius 3 is 3.00 bits per heavy atom. The van der Waals surface area contributed by atoms with Gasteiger partial charge in [-0.3, -0.25) is 0 Å². The maximum atomic E-state index is 5.37. The molecule has 1 saturated heterocycles. The van der Waals surface area contributed by atoms with E-state index < -0.39 is 0 Å². The van der Waals surface area contributed by atoms with Crippen LogP contribution >= 0.6 is 0 Å². The highest BCUT2D eigenvalue weighted by molar-refractivity contribution is 5.37. The van der Waals surface area contributed by atoms with Crippen molar-refractivity contribution in [2.24, 2.45) is 0 Å². The Balaban J connectivity index is 1.99. The molecule has 15 heavy (non-hydrogen) atoms. The Bertz CT molecular complexity index is 312. The van der Waals surface area contributed by atoms with Crippen molar-refractivity contribution in [3.8, 4) is 0 Å². The zero-order valence-electron chi connectivity index (χ0n) is 9.16. The lowest BCUT2D eigenvalue weighted by Gasteiger charge is -2.18. The lowest BCUT2D eigenvalue weighted by molar-refractivity contribution is 0.111. The Morgan fingerprint density at radius 2 is 2.33 bits per heavy atom. The molecule has 1 aromatic rings. The standard InChI is InChI=1S/C11H17N3O/c1-8-3-4-11(13-5-8)14-9-6-12-7-10(9)15-2/h3-5,9-10,12H,6-7H2,1-2H3,(H,13,14)/t9?,10-/m0/s1. The minimum Gasteiger partial charge on any atom is -0.378 e. The van der Waals surface area contributed by atoms with Gasteiger partial charge in [0.25, 0.3) is 0 Å². The van der Waals surface area contributed by atoms with Gasteiger partial charge in [0.1, 0.15) is 5.82 Å². The van der Waals surface area contributed by atoms with Gasteiger partial charge in [0.2, 0.25) is 0 Å². The number of hydrogen-bond donors (Lipinski definition) is 2. The number of rotatable bonds is 3. The number of anilines is 1. The van der Waals surface area contributed by atoms with Crippen LogP contribution in [0.5, 0.6) is 0 Å². The van der Waals surface area contributed by atoms with Crippen LogP contribution in [-0.2, 0) is 4.74 Å². The molecule has 0 aliphatic carbocycles. The number of aromatic nitrogens is 1. The number of pyridine rings is 1. The smallest absolute Gasteiger partial charge is 0.126 e. The van der Waals surface area contributed by atoms with E-state index in [1.165, 1.54) is 5.56 Å². The van der Waals surface area contributed by atoms with Gasteiger partial charge in [0.05, 0.1) is 12.1 Å². The van der Waals surface area contributed by atoms with Crippen molar-refractivity contribution in [3.63, 3.8) is 0 Å². The highest BCUT2D eigenvalue weighted by Gasteiger charge is 2.26. The summed E-state index contributed by atoms with van der Waals surface area (Å²) in [5.74, 6) is 0.913. The highest BCUT2D eigenvalue weighted by Crippen LogP contribution is 2.11. The van der Waals surface area contributed by atoms with Crippen molar-refractivity contribution in [3.05, 3.63) is 23.9 Å². The second-order valence-corrected chi connectivity index (χ2v) is 3.90. The van der Waals surface area contributed by atoms with Gasteiger partial charge in [0, 0.05) is 26.4 Å². The molecule has 2 heterocycles. The first-order valence-electron chi connectivity index (χ1n) is 5.22. The summed E-state index contributed by atoms with van der Waals surface area (Å²) in [5, 5.41) is 6.66. The molecule has 1 aliphatic rings. The fourth-order valence-corrected chi connectivity index (χ4v) is 1.79. The molecule has 1 unspecified atom stereocenters. The molecule has 82 valence electrons. The van der Waals surface area contributed by atoms with Gasteiger partial charge in [0.15, 0.2) is 0 Å². The van der Waals surface area contributed by atoms with E-state index in [2.05, 4.69) is 21.7 Å². The number of methoxy groups -OCH3 is 1. The van der Waals surface area contributed by atoms with Crippen molar-refractivity contribution in [2.45, 2.75) is 19.1 Å². The quantitative estimate of drug-likeness (QED) is 0.769. The van der Waals surface area contributed by atoms with Crippen LogP contribution < -0.4 is 10.6 Å². The van der Waals surface area contributed by atoms with E-state index in [1.54, 1.807) is 7.11 Å². The number of ether oxygens (including phenoxy) is 1. The average Bonchev–Trinajstić information content (AvgIpc) is 2.69. The lowest BCUT2D eigenvalue weighted by Crippen LogP contribution is -2.33. The Morgan fingerprint density at radius 1 is 1.47 bits per heavy atom. The van der Waals surface area contributed by atoms with Gasteiger partial charge in [-0.1, -0.05) is 6.07 Å². The van der Waals surface area contributed by atoms with Crippen LogP contribution in [-0.4, -0.2) is 37.3 Å². The molecule has 4 nitrogen and oxygen atoms in total. The maximum Gasteiger partial charge on any atom is 0.126 e. The predicted octanol–water partition coefficient (Wildman–Crippen LogP) is 0.789. The summed E-state index contributed by atoms with van der Waals surface area (Å²) in [5.41, 5.74) is 1.17. The monoisotopic (exact) mass is 207 g/mol. The molecule has 0 bridgehead atoms.